The van der Waals surface area contributed by atoms with Crippen LogP contribution in [0.5, 0.6) is 0 Å². The Hall–Kier alpha value is -2.64. The van der Waals surface area contributed by atoms with Crippen molar-refractivity contribution >= 4 is 34.5 Å². The van der Waals surface area contributed by atoms with Crippen LogP contribution in [0.25, 0.3) is 10.6 Å². The summed E-state index contributed by atoms with van der Waals surface area (Å²) >= 11 is 7.69. The number of thiophene rings is 1. The van der Waals surface area contributed by atoms with Gasteiger partial charge in [-0.15, -0.1) is 11.3 Å². The summed E-state index contributed by atoms with van der Waals surface area (Å²) < 4.78 is 1.25. The van der Waals surface area contributed by atoms with Gasteiger partial charge >= 0.3 is 0 Å². The fourth-order valence-corrected chi connectivity index (χ4v) is 4.32. The first-order valence-corrected chi connectivity index (χ1v) is 10.7. The lowest BCUT2D eigenvalue weighted by Crippen LogP contribution is -2.50. The average molecular weight is 429 g/mol. The molecule has 1 fully saturated rings. The van der Waals surface area contributed by atoms with E-state index in [9.17, 15) is 9.59 Å². The van der Waals surface area contributed by atoms with Gasteiger partial charge in [0.1, 0.15) is 12.2 Å². The number of aromatic nitrogens is 2. The second-order valence-electron chi connectivity index (χ2n) is 6.99. The Kier molecular flexibility index (Phi) is 5.69. The van der Waals surface area contributed by atoms with Gasteiger partial charge in [0, 0.05) is 43.0 Å². The summed E-state index contributed by atoms with van der Waals surface area (Å²) in [5, 5.41) is 7.04. The molecule has 1 amide bonds. The number of nitrogens with zero attached hydrogens (tertiary/aromatic N) is 4. The lowest BCUT2D eigenvalue weighted by Gasteiger charge is -2.37. The first-order chi connectivity index (χ1) is 14.0. The molecule has 3 aromatic rings. The molecule has 0 atom stereocenters. The molecule has 0 N–H and O–H groups in total. The molecule has 4 rings (SSSR count). The lowest BCUT2D eigenvalue weighted by molar-refractivity contribution is -0.132. The fourth-order valence-electron chi connectivity index (χ4n) is 3.47. The van der Waals surface area contributed by atoms with Crippen LogP contribution in [0.3, 0.4) is 0 Å². The normalized spacial score (nSPS) is 14.3. The number of amides is 1. The SMILES string of the molecule is Cc1ccc(Cl)cc1N1CCN(C(=O)Cn2nc(-c3cccs3)ccc2=O)CC1. The van der Waals surface area contributed by atoms with Crippen molar-refractivity contribution in [3.63, 3.8) is 0 Å². The van der Waals surface area contributed by atoms with Crippen molar-refractivity contribution in [1.29, 1.82) is 0 Å². The van der Waals surface area contributed by atoms with Crippen molar-refractivity contribution < 1.29 is 4.79 Å². The quantitative estimate of drug-likeness (QED) is 0.639. The van der Waals surface area contributed by atoms with Gasteiger partial charge in [0.2, 0.25) is 5.91 Å². The number of carbonyl (C=O) groups is 1. The Bertz CT molecular complexity index is 1070. The highest BCUT2D eigenvalue weighted by molar-refractivity contribution is 7.13. The van der Waals surface area contributed by atoms with Gasteiger partial charge in [0.05, 0.1) is 4.88 Å². The molecule has 3 heterocycles. The van der Waals surface area contributed by atoms with Gasteiger partial charge in [-0.2, -0.15) is 5.10 Å². The van der Waals surface area contributed by atoms with Crippen molar-refractivity contribution in [2.45, 2.75) is 13.5 Å². The smallest absolute Gasteiger partial charge is 0.267 e. The van der Waals surface area contributed by atoms with Crippen LogP contribution in [0.4, 0.5) is 5.69 Å². The zero-order valence-corrected chi connectivity index (χ0v) is 17.6. The van der Waals surface area contributed by atoms with Crippen LogP contribution < -0.4 is 10.5 Å². The van der Waals surface area contributed by atoms with E-state index in [-0.39, 0.29) is 18.0 Å². The predicted molar refractivity (Wildman–Crippen MR) is 117 cm³/mol. The number of benzene rings is 1. The monoisotopic (exact) mass is 428 g/mol. The molecule has 6 nitrogen and oxygen atoms in total. The summed E-state index contributed by atoms with van der Waals surface area (Å²) in [4.78, 5) is 30.0. The van der Waals surface area contributed by atoms with Crippen molar-refractivity contribution in [2.75, 3.05) is 31.1 Å². The third-order valence-corrected chi connectivity index (χ3v) is 6.20. The van der Waals surface area contributed by atoms with Crippen LogP contribution in [-0.4, -0.2) is 46.8 Å². The lowest BCUT2D eigenvalue weighted by atomic mass is 10.1. The molecule has 29 heavy (non-hydrogen) atoms. The van der Waals surface area contributed by atoms with E-state index in [0.717, 1.165) is 29.2 Å². The zero-order valence-electron chi connectivity index (χ0n) is 16.0. The van der Waals surface area contributed by atoms with Gasteiger partial charge in [-0.3, -0.25) is 9.59 Å². The molecule has 1 aromatic carbocycles. The number of aryl methyl sites for hydroxylation is 1. The molecule has 1 aliphatic heterocycles. The van der Waals surface area contributed by atoms with E-state index in [2.05, 4.69) is 16.9 Å². The third kappa shape index (κ3) is 4.36. The fraction of sp³-hybridized carbons (Fsp3) is 0.286. The van der Waals surface area contributed by atoms with E-state index in [4.69, 9.17) is 11.6 Å². The van der Waals surface area contributed by atoms with E-state index >= 15 is 0 Å². The molecule has 0 radical (unpaired) electrons. The minimum atomic E-state index is -0.271. The van der Waals surface area contributed by atoms with Crippen LogP contribution in [0.1, 0.15) is 5.56 Å². The highest BCUT2D eigenvalue weighted by Crippen LogP contribution is 2.25. The molecule has 1 saturated heterocycles. The first-order valence-electron chi connectivity index (χ1n) is 9.42. The number of rotatable bonds is 4. The molecule has 0 aliphatic carbocycles. The molecule has 8 heteroatoms. The Morgan fingerprint density at radius 3 is 2.66 bits per heavy atom. The second kappa shape index (κ2) is 8.39. The number of halogens is 1. The van der Waals surface area contributed by atoms with E-state index in [1.807, 2.05) is 35.7 Å². The Morgan fingerprint density at radius 1 is 1.14 bits per heavy atom. The summed E-state index contributed by atoms with van der Waals surface area (Å²) in [6.07, 6.45) is 0. The van der Waals surface area contributed by atoms with Crippen molar-refractivity contribution in [3.8, 4) is 10.6 Å². The zero-order chi connectivity index (χ0) is 20.4. The maximum atomic E-state index is 12.8. The summed E-state index contributed by atoms with van der Waals surface area (Å²) in [6, 6.07) is 12.9. The molecule has 0 saturated carbocycles. The number of anilines is 1. The molecule has 0 unspecified atom stereocenters. The summed E-state index contributed by atoms with van der Waals surface area (Å²) in [5.41, 5.74) is 2.70. The van der Waals surface area contributed by atoms with Crippen LogP contribution >= 0.6 is 22.9 Å². The molecular formula is C21H21ClN4O2S. The second-order valence-corrected chi connectivity index (χ2v) is 8.37. The maximum absolute atomic E-state index is 12.8. The number of piperazine rings is 1. The maximum Gasteiger partial charge on any atom is 0.267 e. The van der Waals surface area contributed by atoms with Gasteiger partial charge in [-0.25, -0.2) is 4.68 Å². The first kappa shape index (κ1) is 19.7. The van der Waals surface area contributed by atoms with E-state index < -0.39 is 0 Å². The average Bonchev–Trinajstić information content (AvgIpc) is 3.26. The molecule has 1 aliphatic rings. The van der Waals surface area contributed by atoms with Gasteiger partial charge in [-0.1, -0.05) is 23.7 Å². The van der Waals surface area contributed by atoms with Gasteiger partial charge < -0.3 is 9.80 Å². The van der Waals surface area contributed by atoms with Crippen LogP contribution in [0, 0.1) is 6.92 Å². The summed E-state index contributed by atoms with van der Waals surface area (Å²) in [5.74, 6) is -0.0922. The van der Waals surface area contributed by atoms with E-state index in [1.54, 1.807) is 22.3 Å². The van der Waals surface area contributed by atoms with E-state index in [0.29, 0.717) is 23.8 Å². The van der Waals surface area contributed by atoms with Crippen LogP contribution in [-0.2, 0) is 11.3 Å². The summed E-state index contributed by atoms with van der Waals surface area (Å²) in [7, 11) is 0. The Morgan fingerprint density at radius 2 is 1.93 bits per heavy atom. The third-order valence-electron chi connectivity index (χ3n) is 5.07. The topological polar surface area (TPSA) is 58.4 Å². The Labute approximate surface area is 177 Å². The number of hydrogen-bond donors (Lipinski definition) is 0. The Balaban J connectivity index is 1.42. The standard InChI is InChI=1S/C21H21ClN4O2S/c1-15-4-5-16(22)13-18(15)24-8-10-25(11-9-24)21(28)14-26-20(27)7-6-17(23-26)19-3-2-12-29-19/h2-7,12-13H,8-11,14H2,1H3. The summed E-state index contributed by atoms with van der Waals surface area (Å²) in [6.45, 7) is 4.67. The van der Waals surface area contributed by atoms with Gasteiger partial charge in [0.15, 0.2) is 0 Å². The molecule has 150 valence electrons. The number of carbonyl (C=O) groups excluding carboxylic acids is 1. The molecular weight excluding hydrogens is 408 g/mol. The van der Waals surface area contributed by atoms with Crippen molar-refractivity contribution in [1.82, 2.24) is 14.7 Å². The highest BCUT2D eigenvalue weighted by atomic mass is 35.5. The van der Waals surface area contributed by atoms with Crippen molar-refractivity contribution in [3.05, 3.63) is 68.8 Å². The minimum Gasteiger partial charge on any atom is -0.368 e. The van der Waals surface area contributed by atoms with Crippen LogP contribution in [0.15, 0.2) is 52.6 Å². The van der Waals surface area contributed by atoms with E-state index in [1.165, 1.54) is 10.7 Å². The molecule has 0 spiro atoms. The largest absolute Gasteiger partial charge is 0.368 e. The molecule has 2 aromatic heterocycles. The van der Waals surface area contributed by atoms with Crippen molar-refractivity contribution in [2.24, 2.45) is 0 Å². The predicted octanol–water partition coefficient (Wildman–Crippen LogP) is 3.28. The van der Waals surface area contributed by atoms with Gasteiger partial charge in [0.25, 0.3) is 5.56 Å². The van der Waals surface area contributed by atoms with Crippen LogP contribution in [0.2, 0.25) is 5.02 Å². The number of hydrogen-bond acceptors (Lipinski definition) is 5. The molecule has 0 bridgehead atoms. The minimum absolute atomic E-state index is 0.0474. The van der Waals surface area contributed by atoms with Gasteiger partial charge in [-0.05, 0) is 42.1 Å². The highest BCUT2D eigenvalue weighted by Gasteiger charge is 2.23.